The third kappa shape index (κ3) is 4.44. The van der Waals surface area contributed by atoms with E-state index in [1.165, 1.54) is 4.90 Å². The molecule has 1 N–H and O–H groups in total. The van der Waals surface area contributed by atoms with Gasteiger partial charge < -0.3 is 14.6 Å². The molecule has 0 spiro atoms. The lowest BCUT2D eigenvalue weighted by Crippen LogP contribution is -2.30. The molecule has 6 rings (SSSR count). The van der Waals surface area contributed by atoms with Gasteiger partial charge in [0.15, 0.2) is 0 Å². The van der Waals surface area contributed by atoms with Gasteiger partial charge in [0.05, 0.1) is 11.6 Å². The van der Waals surface area contributed by atoms with Crippen LogP contribution in [-0.4, -0.2) is 22.9 Å². The first-order chi connectivity index (χ1) is 18.9. The van der Waals surface area contributed by atoms with Gasteiger partial charge in [-0.05, 0) is 79.1 Å². The van der Waals surface area contributed by atoms with E-state index in [9.17, 15) is 14.7 Å². The lowest BCUT2D eigenvalue weighted by atomic mass is 9.94. The van der Waals surface area contributed by atoms with Crippen LogP contribution < -0.4 is 14.4 Å². The quantitative estimate of drug-likeness (QED) is 0.180. The first-order valence-corrected chi connectivity index (χ1v) is 12.9. The Morgan fingerprint density at radius 3 is 2.44 bits per heavy atom. The third-order valence-corrected chi connectivity index (χ3v) is 7.14. The number of hydrogen-bond donors (Lipinski definition) is 1. The second-order valence-corrected chi connectivity index (χ2v) is 9.90. The molecular formula is C33H27NO5. The molecule has 4 aromatic rings. The van der Waals surface area contributed by atoms with Crippen LogP contribution in [-0.2, 0) is 16.0 Å². The Morgan fingerprint density at radius 1 is 0.897 bits per heavy atom. The molecule has 0 aromatic heterocycles. The van der Waals surface area contributed by atoms with E-state index in [-0.39, 0.29) is 17.4 Å². The monoisotopic (exact) mass is 517 g/mol. The number of anilines is 1. The first kappa shape index (κ1) is 24.5. The maximum atomic E-state index is 13.6. The molecule has 6 nitrogen and oxygen atoms in total. The highest BCUT2D eigenvalue weighted by Gasteiger charge is 2.47. The predicted octanol–water partition coefficient (Wildman–Crippen LogP) is 6.74. The molecule has 2 aliphatic rings. The summed E-state index contributed by atoms with van der Waals surface area (Å²) in [4.78, 5) is 28.6. The number of amides is 1. The van der Waals surface area contributed by atoms with Crippen LogP contribution in [0.2, 0.25) is 0 Å². The molecule has 0 radical (unpaired) electrons. The van der Waals surface area contributed by atoms with Crippen LogP contribution in [0, 0.1) is 6.92 Å². The molecule has 4 aromatic carbocycles. The van der Waals surface area contributed by atoms with Crippen LogP contribution in [0.4, 0.5) is 5.69 Å². The number of aliphatic hydroxyl groups is 1. The van der Waals surface area contributed by atoms with Gasteiger partial charge in [-0.2, -0.15) is 0 Å². The van der Waals surface area contributed by atoms with Crippen molar-refractivity contribution in [1.82, 2.24) is 0 Å². The van der Waals surface area contributed by atoms with Gasteiger partial charge in [0.2, 0.25) is 0 Å². The second kappa shape index (κ2) is 9.80. The van der Waals surface area contributed by atoms with Crippen LogP contribution in [0.3, 0.4) is 0 Å². The molecule has 0 bridgehead atoms. The van der Waals surface area contributed by atoms with Gasteiger partial charge in [-0.1, -0.05) is 48.5 Å². The van der Waals surface area contributed by atoms with Gasteiger partial charge in [0.1, 0.15) is 29.1 Å². The van der Waals surface area contributed by atoms with Crippen molar-refractivity contribution in [3.8, 4) is 17.2 Å². The van der Waals surface area contributed by atoms with Crippen molar-refractivity contribution in [3.05, 3.63) is 125 Å². The van der Waals surface area contributed by atoms with Gasteiger partial charge >= 0.3 is 0 Å². The number of para-hydroxylation sites is 2. The lowest BCUT2D eigenvalue weighted by molar-refractivity contribution is -0.132. The standard InChI is InChI=1S/C33H27NO5/c1-20-9-6-7-14-27(20)34-30(22-10-8-13-26(19-22)39-25-11-4-3-5-12-25)29(32(36)33(34)37)31(35)23-15-16-28-24(18-23)17-21(2)38-28/h3-16,18-19,21,30,35H,17H2,1-2H3/b31-29-. The van der Waals surface area contributed by atoms with Crippen molar-refractivity contribution in [1.29, 1.82) is 0 Å². The summed E-state index contributed by atoms with van der Waals surface area (Å²) in [7, 11) is 0. The zero-order valence-electron chi connectivity index (χ0n) is 21.6. The van der Waals surface area contributed by atoms with Crippen molar-refractivity contribution in [2.24, 2.45) is 0 Å². The lowest BCUT2D eigenvalue weighted by Gasteiger charge is -2.27. The fourth-order valence-electron chi connectivity index (χ4n) is 5.33. The number of nitrogens with zero attached hydrogens (tertiary/aromatic N) is 1. The van der Waals surface area contributed by atoms with Crippen LogP contribution in [0.25, 0.3) is 5.76 Å². The van der Waals surface area contributed by atoms with Crippen molar-refractivity contribution in [3.63, 3.8) is 0 Å². The second-order valence-electron chi connectivity index (χ2n) is 9.90. The van der Waals surface area contributed by atoms with E-state index in [2.05, 4.69) is 0 Å². The van der Waals surface area contributed by atoms with Crippen LogP contribution in [0.1, 0.15) is 35.2 Å². The Kier molecular flexibility index (Phi) is 6.15. The van der Waals surface area contributed by atoms with E-state index in [0.717, 1.165) is 16.9 Å². The number of carbonyl (C=O) groups excluding carboxylic acids is 2. The maximum Gasteiger partial charge on any atom is 0.300 e. The number of aliphatic hydroxyl groups excluding tert-OH is 1. The molecule has 2 unspecified atom stereocenters. The number of carbonyl (C=O) groups is 2. The third-order valence-electron chi connectivity index (χ3n) is 7.14. The average molecular weight is 518 g/mol. The molecule has 1 saturated heterocycles. The highest BCUT2D eigenvalue weighted by atomic mass is 16.5. The summed E-state index contributed by atoms with van der Waals surface area (Å²) in [6.45, 7) is 3.88. The Labute approximate surface area is 226 Å². The fraction of sp³-hybridized carbons (Fsp3) is 0.152. The Balaban J connectivity index is 1.50. The smallest absolute Gasteiger partial charge is 0.300 e. The maximum absolute atomic E-state index is 13.6. The summed E-state index contributed by atoms with van der Waals surface area (Å²) in [5.41, 5.74) is 3.54. The average Bonchev–Trinajstić information content (AvgIpc) is 3.44. The minimum Gasteiger partial charge on any atom is -0.507 e. The van der Waals surface area contributed by atoms with E-state index < -0.39 is 17.7 Å². The molecule has 0 saturated carbocycles. The van der Waals surface area contributed by atoms with E-state index in [1.54, 1.807) is 18.2 Å². The van der Waals surface area contributed by atoms with Crippen LogP contribution >= 0.6 is 0 Å². The SMILES string of the molecule is Cc1ccccc1N1C(=O)C(=O)/C(=C(\O)c2ccc3c(c2)CC(C)O3)C1c1cccc(Oc2ccccc2)c1. The summed E-state index contributed by atoms with van der Waals surface area (Å²) in [6, 6.07) is 28.6. The zero-order valence-corrected chi connectivity index (χ0v) is 21.6. The molecule has 194 valence electrons. The van der Waals surface area contributed by atoms with Gasteiger partial charge in [-0.15, -0.1) is 0 Å². The van der Waals surface area contributed by atoms with Gasteiger partial charge in [-0.3, -0.25) is 14.5 Å². The molecule has 39 heavy (non-hydrogen) atoms. The van der Waals surface area contributed by atoms with E-state index >= 15 is 0 Å². The molecular weight excluding hydrogens is 490 g/mol. The van der Waals surface area contributed by atoms with Crippen LogP contribution in [0.5, 0.6) is 17.2 Å². The molecule has 2 heterocycles. The highest BCUT2D eigenvalue weighted by molar-refractivity contribution is 6.51. The molecule has 2 aliphatic heterocycles. The summed E-state index contributed by atoms with van der Waals surface area (Å²) in [6.07, 6.45) is 0.743. The minimum atomic E-state index is -0.853. The number of Topliss-reactive ketones (excluding diaryl/α,β-unsaturated/α-hetero) is 1. The zero-order chi connectivity index (χ0) is 27.1. The molecule has 1 fully saturated rings. The largest absolute Gasteiger partial charge is 0.507 e. The predicted molar refractivity (Wildman–Crippen MR) is 149 cm³/mol. The summed E-state index contributed by atoms with van der Waals surface area (Å²) in [5, 5.41) is 11.6. The number of ketones is 1. The van der Waals surface area contributed by atoms with E-state index in [4.69, 9.17) is 9.47 Å². The highest BCUT2D eigenvalue weighted by Crippen LogP contribution is 2.44. The summed E-state index contributed by atoms with van der Waals surface area (Å²) >= 11 is 0. The number of ether oxygens (including phenoxy) is 2. The Bertz CT molecular complexity index is 1620. The molecule has 0 aliphatic carbocycles. The van der Waals surface area contributed by atoms with E-state index in [0.29, 0.717) is 34.7 Å². The first-order valence-electron chi connectivity index (χ1n) is 12.9. The number of benzene rings is 4. The Hall–Kier alpha value is -4.84. The van der Waals surface area contributed by atoms with Gasteiger partial charge in [0, 0.05) is 17.7 Å². The summed E-state index contributed by atoms with van der Waals surface area (Å²) in [5.74, 6) is 0.339. The van der Waals surface area contributed by atoms with Gasteiger partial charge in [-0.25, -0.2) is 0 Å². The fourth-order valence-corrected chi connectivity index (χ4v) is 5.33. The normalized spacial score (nSPS) is 19.6. The minimum absolute atomic E-state index is 0.0343. The molecule has 1 amide bonds. The van der Waals surface area contributed by atoms with Crippen LogP contribution in [0.15, 0.2) is 103 Å². The van der Waals surface area contributed by atoms with Crippen molar-refractivity contribution >= 4 is 23.1 Å². The van der Waals surface area contributed by atoms with Gasteiger partial charge in [0.25, 0.3) is 11.7 Å². The number of aryl methyl sites for hydroxylation is 1. The van der Waals surface area contributed by atoms with Crippen molar-refractivity contribution in [2.75, 3.05) is 4.90 Å². The number of fused-ring (bicyclic) bond motifs is 1. The summed E-state index contributed by atoms with van der Waals surface area (Å²) < 4.78 is 11.9. The topological polar surface area (TPSA) is 76.1 Å². The number of rotatable bonds is 5. The Morgan fingerprint density at radius 2 is 1.64 bits per heavy atom. The number of hydrogen-bond acceptors (Lipinski definition) is 5. The van der Waals surface area contributed by atoms with E-state index in [1.807, 2.05) is 92.7 Å². The molecule has 6 heteroatoms. The molecule has 2 atom stereocenters. The van der Waals surface area contributed by atoms with Crippen molar-refractivity contribution in [2.45, 2.75) is 32.4 Å². The van der Waals surface area contributed by atoms with Crippen molar-refractivity contribution < 1.29 is 24.2 Å².